The van der Waals surface area contributed by atoms with E-state index < -0.39 is 5.82 Å². The van der Waals surface area contributed by atoms with Crippen LogP contribution in [0.4, 0.5) is 4.39 Å². The number of carbonyl (C=O) groups is 1. The van der Waals surface area contributed by atoms with Crippen molar-refractivity contribution in [3.05, 3.63) is 33.1 Å². The van der Waals surface area contributed by atoms with Gasteiger partial charge in [-0.1, -0.05) is 13.8 Å². The largest absolute Gasteiger partial charge is 0.341 e. The van der Waals surface area contributed by atoms with Gasteiger partial charge in [0, 0.05) is 17.2 Å². The van der Waals surface area contributed by atoms with E-state index in [9.17, 15) is 9.18 Å². The van der Waals surface area contributed by atoms with Crippen LogP contribution in [0.15, 0.2) is 18.2 Å². The molecular formula is C12H15FINO. The SMILES string of the molecule is CC(C)CN(C)C(=O)c1ccc(I)cc1F. The lowest BCUT2D eigenvalue weighted by Gasteiger charge is -2.19. The predicted octanol–water partition coefficient (Wildman–Crippen LogP) is 3.16. The molecule has 0 aromatic heterocycles. The third kappa shape index (κ3) is 3.43. The monoisotopic (exact) mass is 335 g/mol. The van der Waals surface area contributed by atoms with E-state index in [1.807, 2.05) is 36.4 Å². The fraction of sp³-hybridized carbons (Fsp3) is 0.417. The topological polar surface area (TPSA) is 20.3 Å². The van der Waals surface area contributed by atoms with Crippen molar-refractivity contribution in [2.75, 3.05) is 13.6 Å². The van der Waals surface area contributed by atoms with Gasteiger partial charge in [-0.05, 0) is 46.7 Å². The van der Waals surface area contributed by atoms with E-state index >= 15 is 0 Å². The van der Waals surface area contributed by atoms with E-state index in [1.165, 1.54) is 12.1 Å². The zero-order chi connectivity index (χ0) is 12.3. The second-order valence-corrected chi connectivity index (χ2v) is 5.45. The van der Waals surface area contributed by atoms with E-state index in [1.54, 1.807) is 18.0 Å². The van der Waals surface area contributed by atoms with Gasteiger partial charge < -0.3 is 4.90 Å². The number of benzene rings is 1. The maximum Gasteiger partial charge on any atom is 0.256 e. The third-order valence-electron chi connectivity index (χ3n) is 2.15. The summed E-state index contributed by atoms with van der Waals surface area (Å²) in [6.45, 7) is 4.67. The Morgan fingerprint density at radius 1 is 1.50 bits per heavy atom. The van der Waals surface area contributed by atoms with Crippen molar-refractivity contribution in [1.29, 1.82) is 0 Å². The summed E-state index contributed by atoms with van der Waals surface area (Å²) >= 11 is 2.02. The van der Waals surface area contributed by atoms with Gasteiger partial charge in [-0.3, -0.25) is 4.79 Å². The number of carbonyl (C=O) groups excluding carboxylic acids is 1. The van der Waals surface area contributed by atoms with Gasteiger partial charge in [-0.25, -0.2) is 4.39 Å². The molecule has 1 aromatic carbocycles. The maximum absolute atomic E-state index is 13.5. The van der Waals surface area contributed by atoms with Crippen LogP contribution in [0.25, 0.3) is 0 Å². The van der Waals surface area contributed by atoms with Crippen molar-refractivity contribution in [1.82, 2.24) is 4.90 Å². The molecule has 4 heteroatoms. The van der Waals surface area contributed by atoms with Gasteiger partial charge in [-0.2, -0.15) is 0 Å². The van der Waals surface area contributed by atoms with E-state index in [0.29, 0.717) is 12.5 Å². The molecule has 0 fully saturated rings. The lowest BCUT2D eigenvalue weighted by atomic mass is 10.1. The van der Waals surface area contributed by atoms with Gasteiger partial charge in [0.05, 0.1) is 5.56 Å². The summed E-state index contributed by atoms with van der Waals surface area (Å²) < 4.78 is 14.3. The molecule has 1 amide bonds. The molecule has 0 N–H and O–H groups in total. The molecule has 0 radical (unpaired) electrons. The second-order valence-electron chi connectivity index (χ2n) is 4.20. The lowest BCUT2D eigenvalue weighted by Crippen LogP contribution is -2.30. The van der Waals surface area contributed by atoms with Crippen molar-refractivity contribution in [3.8, 4) is 0 Å². The first-order chi connectivity index (χ1) is 7.41. The van der Waals surface area contributed by atoms with Crippen LogP contribution in [0.3, 0.4) is 0 Å². The van der Waals surface area contributed by atoms with Crippen LogP contribution >= 0.6 is 22.6 Å². The minimum atomic E-state index is -0.451. The molecule has 0 aliphatic heterocycles. The second kappa shape index (κ2) is 5.61. The molecule has 0 saturated carbocycles. The molecule has 0 bridgehead atoms. The summed E-state index contributed by atoms with van der Waals surface area (Å²) in [6.07, 6.45) is 0. The van der Waals surface area contributed by atoms with Crippen LogP contribution in [-0.4, -0.2) is 24.4 Å². The highest BCUT2D eigenvalue weighted by molar-refractivity contribution is 14.1. The number of halogens is 2. The average molecular weight is 335 g/mol. The first kappa shape index (κ1) is 13.4. The molecule has 0 atom stereocenters. The third-order valence-corrected chi connectivity index (χ3v) is 2.82. The summed E-state index contributed by atoms with van der Waals surface area (Å²) in [7, 11) is 1.69. The minimum absolute atomic E-state index is 0.142. The van der Waals surface area contributed by atoms with Crippen LogP contribution in [0, 0.1) is 15.3 Å². The molecule has 1 aromatic rings. The molecule has 16 heavy (non-hydrogen) atoms. The summed E-state index contributed by atoms with van der Waals surface area (Å²) in [4.78, 5) is 13.4. The van der Waals surface area contributed by atoms with Crippen molar-refractivity contribution >= 4 is 28.5 Å². The van der Waals surface area contributed by atoms with Gasteiger partial charge in [0.2, 0.25) is 0 Å². The fourth-order valence-corrected chi connectivity index (χ4v) is 1.95. The highest BCUT2D eigenvalue weighted by Gasteiger charge is 2.16. The first-order valence-electron chi connectivity index (χ1n) is 5.12. The molecular weight excluding hydrogens is 320 g/mol. The van der Waals surface area contributed by atoms with E-state index in [2.05, 4.69) is 0 Å². The van der Waals surface area contributed by atoms with Crippen LogP contribution in [-0.2, 0) is 0 Å². The van der Waals surface area contributed by atoms with Gasteiger partial charge in [-0.15, -0.1) is 0 Å². The predicted molar refractivity (Wildman–Crippen MR) is 70.9 cm³/mol. The van der Waals surface area contributed by atoms with Crippen LogP contribution in [0.5, 0.6) is 0 Å². The highest BCUT2D eigenvalue weighted by atomic mass is 127. The quantitative estimate of drug-likeness (QED) is 0.777. The Balaban J connectivity index is 2.88. The summed E-state index contributed by atoms with van der Waals surface area (Å²) in [5.41, 5.74) is 0.142. The van der Waals surface area contributed by atoms with Crippen molar-refractivity contribution in [3.63, 3.8) is 0 Å². The standard InChI is InChI=1S/C12H15FINO/c1-8(2)7-15(3)12(16)10-5-4-9(14)6-11(10)13/h4-6,8H,7H2,1-3H3. The van der Waals surface area contributed by atoms with E-state index in [-0.39, 0.29) is 11.5 Å². The summed E-state index contributed by atoms with van der Waals surface area (Å²) in [5.74, 6) is -0.337. The molecule has 1 rings (SSSR count). The van der Waals surface area contributed by atoms with Gasteiger partial charge >= 0.3 is 0 Å². The molecule has 0 aliphatic rings. The van der Waals surface area contributed by atoms with Gasteiger partial charge in [0.1, 0.15) is 5.82 Å². The Labute approximate surface area is 109 Å². The molecule has 0 heterocycles. The van der Waals surface area contributed by atoms with Gasteiger partial charge in [0.25, 0.3) is 5.91 Å². The Morgan fingerprint density at radius 3 is 2.62 bits per heavy atom. The normalized spacial score (nSPS) is 10.6. The average Bonchev–Trinajstić information content (AvgIpc) is 2.15. The Bertz CT molecular complexity index is 393. The zero-order valence-electron chi connectivity index (χ0n) is 9.63. The number of amides is 1. The maximum atomic E-state index is 13.5. The number of hydrogen-bond acceptors (Lipinski definition) is 1. The summed E-state index contributed by atoms with van der Waals surface area (Å²) in [5, 5.41) is 0. The zero-order valence-corrected chi connectivity index (χ0v) is 11.8. The molecule has 0 saturated heterocycles. The molecule has 0 unspecified atom stereocenters. The minimum Gasteiger partial charge on any atom is -0.341 e. The van der Waals surface area contributed by atoms with Gasteiger partial charge in [0.15, 0.2) is 0 Å². The highest BCUT2D eigenvalue weighted by Crippen LogP contribution is 2.14. The summed E-state index contributed by atoms with van der Waals surface area (Å²) in [6, 6.07) is 4.65. The van der Waals surface area contributed by atoms with Crippen LogP contribution < -0.4 is 0 Å². The smallest absolute Gasteiger partial charge is 0.256 e. The van der Waals surface area contributed by atoms with Crippen LogP contribution in [0.1, 0.15) is 24.2 Å². The Kier molecular flexibility index (Phi) is 4.70. The van der Waals surface area contributed by atoms with Crippen molar-refractivity contribution in [2.24, 2.45) is 5.92 Å². The fourth-order valence-electron chi connectivity index (χ4n) is 1.50. The van der Waals surface area contributed by atoms with E-state index in [0.717, 1.165) is 3.57 Å². The van der Waals surface area contributed by atoms with E-state index in [4.69, 9.17) is 0 Å². The number of nitrogens with zero attached hydrogens (tertiary/aromatic N) is 1. The van der Waals surface area contributed by atoms with Crippen molar-refractivity contribution < 1.29 is 9.18 Å². The number of hydrogen-bond donors (Lipinski definition) is 0. The molecule has 88 valence electrons. The lowest BCUT2D eigenvalue weighted by molar-refractivity contribution is 0.0774. The number of rotatable bonds is 3. The van der Waals surface area contributed by atoms with Crippen molar-refractivity contribution in [2.45, 2.75) is 13.8 Å². The molecule has 0 aliphatic carbocycles. The molecule has 2 nitrogen and oxygen atoms in total. The molecule has 0 spiro atoms. The van der Waals surface area contributed by atoms with Crippen LogP contribution in [0.2, 0.25) is 0 Å². The first-order valence-corrected chi connectivity index (χ1v) is 6.20. The Morgan fingerprint density at radius 2 is 2.12 bits per heavy atom. The Hall–Kier alpha value is -0.650.